The molecule has 0 aliphatic carbocycles. The molecule has 0 saturated carbocycles. The Morgan fingerprint density at radius 1 is 1.35 bits per heavy atom. The number of aryl methyl sites for hydroxylation is 1. The molecular formula is C19H26ClN5O. The number of piperidine rings is 1. The zero-order valence-electron chi connectivity index (χ0n) is 15.3. The number of nitrogens with zero attached hydrogens (tertiary/aromatic N) is 3. The van der Waals surface area contributed by atoms with Crippen molar-refractivity contribution >= 4 is 23.5 Å². The van der Waals surface area contributed by atoms with Crippen molar-refractivity contribution in [2.45, 2.75) is 38.5 Å². The molecule has 1 aliphatic rings. The van der Waals surface area contributed by atoms with E-state index in [-0.39, 0.29) is 11.8 Å². The van der Waals surface area contributed by atoms with E-state index >= 15 is 0 Å². The summed E-state index contributed by atoms with van der Waals surface area (Å²) in [5.41, 5.74) is 1.18. The standard InChI is InChI=1S/C19H26ClN5O/c1-13(11-14-3-5-16(20)6-4-14)12-17(26)22-19-23-18(24-25(19)2)15-7-9-21-10-8-15/h3-6,13,15,21H,7-12H2,1-2H3,(H,22,23,24,26). The molecule has 2 aromatic rings. The Morgan fingerprint density at radius 3 is 2.73 bits per heavy atom. The van der Waals surface area contributed by atoms with Crippen LogP contribution in [0.2, 0.25) is 5.02 Å². The van der Waals surface area contributed by atoms with Gasteiger partial charge in [-0.2, -0.15) is 10.1 Å². The summed E-state index contributed by atoms with van der Waals surface area (Å²) < 4.78 is 1.67. The predicted molar refractivity (Wildman–Crippen MR) is 103 cm³/mol. The van der Waals surface area contributed by atoms with Crippen LogP contribution in [0.1, 0.15) is 43.5 Å². The van der Waals surface area contributed by atoms with E-state index in [9.17, 15) is 4.79 Å². The third-order valence-electron chi connectivity index (χ3n) is 4.77. The van der Waals surface area contributed by atoms with Crippen molar-refractivity contribution in [1.29, 1.82) is 0 Å². The van der Waals surface area contributed by atoms with Crippen LogP contribution in [-0.2, 0) is 18.3 Å². The zero-order valence-corrected chi connectivity index (χ0v) is 16.1. The van der Waals surface area contributed by atoms with Crippen LogP contribution in [0.15, 0.2) is 24.3 Å². The SMILES string of the molecule is CC(CC(=O)Nc1nc(C2CCNCC2)nn1C)Cc1ccc(Cl)cc1. The lowest BCUT2D eigenvalue weighted by atomic mass is 9.97. The molecule has 0 radical (unpaired) electrons. The second-order valence-electron chi connectivity index (χ2n) is 7.13. The largest absolute Gasteiger partial charge is 0.317 e. The van der Waals surface area contributed by atoms with E-state index in [0.29, 0.717) is 18.3 Å². The fraction of sp³-hybridized carbons (Fsp3) is 0.526. The molecule has 1 amide bonds. The van der Waals surface area contributed by atoms with Gasteiger partial charge in [-0.15, -0.1) is 0 Å². The van der Waals surface area contributed by atoms with Crippen molar-refractivity contribution in [2.75, 3.05) is 18.4 Å². The van der Waals surface area contributed by atoms with Crippen molar-refractivity contribution in [3.05, 3.63) is 40.7 Å². The van der Waals surface area contributed by atoms with E-state index in [1.807, 2.05) is 31.3 Å². The topological polar surface area (TPSA) is 71.8 Å². The number of benzene rings is 1. The van der Waals surface area contributed by atoms with Crippen LogP contribution in [0.5, 0.6) is 0 Å². The highest BCUT2D eigenvalue weighted by molar-refractivity contribution is 6.30. The first-order valence-corrected chi connectivity index (χ1v) is 9.55. The minimum absolute atomic E-state index is 0.0289. The molecule has 1 saturated heterocycles. The smallest absolute Gasteiger partial charge is 0.227 e. The lowest BCUT2D eigenvalue weighted by Gasteiger charge is -2.19. The summed E-state index contributed by atoms with van der Waals surface area (Å²) in [5.74, 6) is 1.93. The van der Waals surface area contributed by atoms with Crippen LogP contribution in [-0.4, -0.2) is 33.8 Å². The van der Waals surface area contributed by atoms with Gasteiger partial charge in [0.25, 0.3) is 0 Å². The number of halogens is 1. The van der Waals surface area contributed by atoms with E-state index in [0.717, 1.165) is 43.2 Å². The van der Waals surface area contributed by atoms with Crippen molar-refractivity contribution in [2.24, 2.45) is 13.0 Å². The zero-order chi connectivity index (χ0) is 18.5. The number of carbonyl (C=O) groups is 1. The normalized spacial score (nSPS) is 16.4. The number of nitrogens with one attached hydrogen (secondary N) is 2. The molecule has 1 aromatic carbocycles. The first-order chi connectivity index (χ1) is 12.5. The van der Waals surface area contributed by atoms with E-state index < -0.39 is 0 Å². The Morgan fingerprint density at radius 2 is 2.04 bits per heavy atom. The molecular weight excluding hydrogens is 350 g/mol. The van der Waals surface area contributed by atoms with Gasteiger partial charge in [-0.1, -0.05) is 30.7 Å². The minimum Gasteiger partial charge on any atom is -0.317 e. The van der Waals surface area contributed by atoms with Crippen molar-refractivity contribution < 1.29 is 4.79 Å². The number of hydrogen-bond donors (Lipinski definition) is 2. The van der Waals surface area contributed by atoms with E-state index in [1.54, 1.807) is 4.68 Å². The number of aromatic nitrogens is 3. The Balaban J connectivity index is 1.54. The maximum atomic E-state index is 12.4. The van der Waals surface area contributed by atoms with Crippen molar-refractivity contribution in [3.63, 3.8) is 0 Å². The molecule has 1 aromatic heterocycles. The van der Waals surface area contributed by atoms with Crippen LogP contribution >= 0.6 is 11.6 Å². The van der Waals surface area contributed by atoms with Gasteiger partial charge in [0.1, 0.15) is 0 Å². The monoisotopic (exact) mass is 375 g/mol. The van der Waals surface area contributed by atoms with Gasteiger partial charge in [-0.25, -0.2) is 4.68 Å². The molecule has 0 bridgehead atoms. The van der Waals surface area contributed by atoms with Crippen LogP contribution in [0.4, 0.5) is 5.95 Å². The quantitative estimate of drug-likeness (QED) is 0.813. The van der Waals surface area contributed by atoms with Crippen LogP contribution in [0, 0.1) is 5.92 Å². The Bertz CT molecular complexity index is 737. The molecule has 0 spiro atoms. The molecule has 1 aliphatic heterocycles. The maximum absolute atomic E-state index is 12.4. The van der Waals surface area contributed by atoms with Gasteiger partial charge in [0.2, 0.25) is 11.9 Å². The lowest BCUT2D eigenvalue weighted by molar-refractivity contribution is -0.117. The average Bonchev–Trinajstić information content (AvgIpc) is 2.98. The third-order valence-corrected chi connectivity index (χ3v) is 5.02. The second-order valence-corrected chi connectivity index (χ2v) is 7.57. The van der Waals surface area contributed by atoms with Crippen molar-refractivity contribution in [3.8, 4) is 0 Å². The van der Waals surface area contributed by atoms with Gasteiger partial charge in [0, 0.05) is 24.4 Å². The summed E-state index contributed by atoms with van der Waals surface area (Å²) >= 11 is 5.91. The van der Waals surface area contributed by atoms with Crippen LogP contribution in [0.3, 0.4) is 0 Å². The summed E-state index contributed by atoms with van der Waals surface area (Å²) in [4.78, 5) is 16.9. The predicted octanol–water partition coefficient (Wildman–Crippen LogP) is 3.14. The van der Waals surface area contributed by atoms with Gasteiger partial charge < -0.3 is 5.32 Å². The Hall–Kier alpha value is -1.92. The third kappa shape index (κ3) is 5.05. The maximum Gasteiger partial charge on any atom is 0.227 e. The molecule has 1 unspecified atom stereocenters. The molecule has 140 valence electrons. The molecule has 7 heteroatoms. The van der Waals surface area contributed by atoms with Gasteiger partial charge in [-0.3, -0.25) is 10.1 Å². The lowest BCUT2D eigenvalue weighted by Crippen LogP contribution is -2.27. The second kappa shape index (κ2) is 8.64. The molecule has 6 nitrogen and oxygen atoms in total. The summed E-state index contributed by atoms with van der Waals surface area (Å²) in [6.07, 6.45) is 3.35. The fourth-order valence-electron chi connectivity index (χ4n) is 3.35. The molecule has 2 heterocycles. The molecule has 3 rings (SSSR count). The Kier molecular flexibility index (Phi) is 6.27. The minimum atomic E-state index is -0.0289. The van der Waals surface area contributed by atoms with Crippen LogP contribution < -0.4 is 10.6 Å². The number of hydrogen-bond acceptors (Lipinski definition) is 4. The Labute approximate surface area is 159 Å². The summed E-state index contributed by atoms with van der Waals surface area (Å²) in [5, 5.41) is 11.5. The number of carbonyl (C=O) groups excluding carboxylic acids is 1. The number of amides is 1. The summed E-state index contributed by atoms with van der Waals surface area (Å²) in [7, 11) is 1.82. The number of anilines is 1. The van der Waals surface area contributed by atoms with Gasteiger partial charge in [0.05, 0.1) is 0 Å². The summed E-state index contributed by atoms with van der Waals surface area (Å²) in [6, 6.07) is 7.77. The highest BCUT2D eigenvalue weighted by atomic mass is 35.5. The number of rotatable bonds is 6. The molecule has 1 atom stereocenters. The average molecular weight is 376 g/mol. The first kappa shape index (κ1) is 18.9. The first-order valence-electron chi connectivity index (χ1n) is 9.17. The van der Waals surface area contributed by atoms with Gasteiger partial charge in [-0.05, 0) is 56.0 Å². The van der Waals surface area contributed by atoms with Gasteiger partial charge in [0.15, 0.2) is 5.82 Å². The fourth-order valence-corrected chi connectivity index (χ4v) is 3.48. The van der Waals surface area contributed by atoms with E-state index in [4.69, 9.17) is 11.6 Å². The molecule has 2 N–H and O–H groups in total. The van der Waals surface area contributed by atoms with Crippen molar-refractivity contribution in [1.82, 2.24) is 20.1 Å². The summed E-state index contributed by atoms with van der Waals surface area (Å²) in [6.45, 7) is 4.06. The highest BCUT2D eigenvalue weighted by Gasteiger charge is 2.21. The van der Waals surface area contributed by atoms with Gasteiger partial charge >= 0.3 is 0 Å². The van der Waals surface area contributed by atoms with E-state index in [2.05, 4.69) is 27.6 Å². The van der Waals surface area contributed by atoms with Crippen LogP contribution in [0.25, 0.3) is 0 Å². The van der Waals surface area contributed by atoms with E-state index in [1.165, 1.54) is 5.56 Å². The molecule has 1 fully saturated rings. The highest BCUT2D eigenvalue weighted by Crippen LogP contribution is 2.23. The molecule has 26 heavy (non-hydrogen) atoms.